The van der Waals surface area contributed by atoms with E-state index in [0.717, 1.165) is 17.4 Å². The van der Waals surface area contributed by atoms with Crippen molar-refractivity contribution in [3.8, 4) is 0 Å². The maximum atomic E-state index is 12.2. The number of carboxylic acids is 1. The molecular formula is C17H19NO4. The van der Waals surface area contributed by atoms with Crippen molar-refractivity contribution in [3.63, 3.8) is 0 Å². The van der Waals surface area contributed by atoms with Crippen molar-refractivity contribution in [2.24, 2.45) is 0 Å². The number of nitrogens with one attached hydrogen (secondary N) is 1. The zero-order chi connectivity index (χ0) is 16.3. The van der Waals surface area contributed by atoms with E-state index in [9.17, 15) is 9.59 Å². The van der Waals surface area contributed by atoms with Crippen LogP contribution >= 0.6 is 0 Å². The van der Waals surface area contributed by atoms with E-state index in [1.807, 2.05) is 45.0 Å². The fourth-order valence-corrected chi connectivity index (χ4v) is 2.27. The van der Waals surface area contributed by atoms with Crippen LogP contribution in [-0.4, -0.2) is 22.5 Å². The average Bonchev–Trinajstić information content (AvgIpc) is 2.90. The molecule has 1 aromatic heterocycles. The quantitative estimate of drug-likeness (QED) is 0.889. The standard InChI is InChI=1S/C17H19NO4/c1-11-6-4-5-7-12(11)9-17(2,3)18-15(19)14-8-13(10-22-14)16(20)21/h4-8,10H,9H2,1-3H3,(H,18,19)(H,20,21). The summed E-state index contributed by atoms with van der Waals surface area (Å²) in [7, 11) is 0. The molecule has 2 aromatic rings. The van der Waals surface area contributed by atoms with Crippen LogP contribution in [0.1, 0.15) is 45.9 Å². The van der Waals surface area contributed by atoms with Crippen LogP contribution in [0.2, 0.25) is 0 Å². The number of aryl methyl sites for hydroxylation is 1. The summed E-state index contributed by atoms with van der Waals surface area (Å²) >= 11 is 0. The number of carbonyl (C=O) groups is 2. The molecule has 0 aliphatic carbocycles. The van der Waals surface area contributed by atoms with Crippen LogP contribution in [0.4, 0.5) is 0 Å². The molecule has 0 aliphatic heterocycles. The molecule has 0 bridgehead atoms. The Hall–Kier alpha value is -2.56. The van der Waals surface area contributed by atoms with Crippen molar-refractivity contribution < 1.29 is 19.1 Å². The zero-order valence-corrected chi connectivity index (χ0v) is 12.8. The number of amides is 1. The lowest BCUT2D eigenvalue weighted by molar-refractivity contribution is 0.0695. The predicted octanol–water partition coefficient (Wildman–Crippen LogP) is 3.04. The summed E-state index contributed by atoms with van der Waals surface area (Å²) in [5.41, 5.74) is 1.79. The maximum Gasteiger partial charge on any atom is 0.338 e. The van der Waals surface area contributed by atoms with Gasteiger partial charge in [-0.25, -0.2) is 4.79 Å². The predicted molar refractivity (Wildman–Crippen MR) is 82.1 cm³/mol. The summed E-state index contributed by atoms with van der Waals surface area (Å²) in [6.45, 7) is 5.86. The number of benzene rings is 1. The third-order valence-corrected chi connectivity index (χ3v) is 3.42. The van der Waals surface area contributed by atoms with E-state index in [1.165, 1.54) is 6.07 Å². The van der Waals surface area contributed by atoms with Gasteiger partial charge in [0.25, 0.3) is 5.91 Å². The normalized spacial score (nSPS) is 11.2. The van der Waals surface area contributed by atoms with Crippen LogP contribution in [0.25, 0.3) is 0 Å². The van der Waals surface area contributed by atoms with E-state index in [-0.39, 0.29) is 11.3 Å². The molecule has 0 saturated heterocycles. The van der Waals surface area contributed by atoms with Crippen LogP contribution in [0, 0.1) is 6.92 Å². The minimum Gasteiger partial charge on any atom is -0.478 e. The highest BCUT2D eigenvalue weighted by atomic mass is 16.4. The second-order valence-corrected chi connectivity index (χ2v) is 5.95. The number of carboxylic acid groups (broad SMARTS) is 1. The molecule has 5 nitrogen and oxygen atoms in total. The van der Waals surface area contributed by atoms with Crippen LogP contribution in [0.3, 0.4) is 0 Å². The zero-order valence-electron chi connectivity index (χ0n) is 12.8. The van der Waals surface area contributed by atoms with Gasteiger partial charge in [-0.15, -0.1) is 0 Å². The van der Waals surface area contributed by atoms with Crippen molar-refractivity contribution in [1.82, 2.24) is 5.32 Å². The van der Waals surface area contributed by atoms with Crippen molar-refractivity contribution in [3.05, 3.63) is 59.0 Å². The van der Waals surface area contributed by atoms with Gasteiger partial charge in [0, 0.05) is 11.6 Å². The summed E-state index contributed by atoms with van der Waals surface area (Å²) in [6, 6.07) is 9.21. The number of carbonyl (C=O) groups excluding carboxylic acids is 1. The summed E-state index contributed by atoms with van der Waals surface area (Å²) in [4.78, 5) is 23.0. The van der Waals surface area contributed by atoms with Gasteiger partial charge in [0.1, 0.15) is 6.26 Å². The van der Waals surface area contributed by atoms with Crippen molar-refractivity contribution in [2.45, 2.75) is 32.7 Å². The first-order valence-electron chi connectivity index (χ1n) is 6.97. The molecule has 1 aromatic carbocycles. The summed E-state index contributed by atoms with van der Waals surface area (Å²) in [5.74, 6) is -1.55. The molecule has 0 radical (unpaired) electrons. The van der Waals surface area contributed by atoms with Crippen LogP contribution < -0.4 is 5.32 Å². The lowest BCUT2D eigenvalue weighted by atomic mass is 9.92. The van der Waals surface area contributed by atoms with Gasteiger partial charge in [-0.05, 0) is 38.3 Å². The number of rotatable bonds is 5. The van der Waals surface area contributed by atoms with E-state index in [4.69, 9.17) is 9.52 Å². The van der Waals surface area contributed by atoms with E-state index < -0.39 is 17.4 Å². The first kappa shape index (κ1) is 15.8. The lowest BCUT2D eigenvalue weighted by Gasteiger charge is -2.26. The van der Waals surface area contributed by atoms with E-state index in [0.29, 0.717) is 6.42 Å². The fourth-order valence-electron chi connectivity index (χ4n) is 2.27. The summed E-state index contributed by atoms with van der Waals surface area (Å²) < 4.78 is 5.01. The van der Waals surface area contributed by atoms with E-state index in [2.05, 4.69) is 5.32 Å². The average molecular weight is 301 g/mol. The molecular weight excluding hydrogens is 282 g/mol. The maximum absolute atomic E-state index is 12.2. The van der Waals surface area contributed by atoms with Crippen LogP contribution in [0.5, 0.6) is 0 Å². The molecule has 5 heteroatoms. The van der Waals surface area contributed by atoms with Gasteiger partial charge in [-0.3, -0.25) is 4.79 Å². The Labute approximate surface area is 129 Å². The highest BCUT2D eigenvalue weighted by Crippen LogP contribution is 2.17. The van der Waals surface area contributed by atoms with E-state index in [1.54, 1.807) is 0 Å². The highest BCUT2D eigenvalue weighted by molar-refractivity contribution is 5.95. The van der Waals surface area contributed by atoms with Crippen molar-refractivity contribution >= 4 is 11.9 Å². The summed E-state index contributed by atoms with van der Waals surface area (Å²) in [6.07, 6.45) is 1.73. The second-order valence-electron chi connectivity index (χ2n) is 5.95. The molecule has 1 heterocycles. The van der Waals surface area contributed by atoms with Gasteiger partial charge in [0.2, 0.25) is 0 Å². The van der Waals surface area contributed by atoms with Crippen molar-refractivity contribution in [2.75, 3.05) is 0 Å². The topological polar surface area (TPSA) is 79.5 Å². The van der Waals surface area contributed by atoms with Crippen LogP contribution in [0.15, 0.2) is 41.0 Å². The molecule has 0 saturated carbocycles. The molecule has 22 heavy (non-hydrogen) atoms. The Morgan fingerprint density at radius 1 is 1.27 bits per heavy atom. The Balaban J connectivity index is 2.08. The number of hydrogen-bond acceptors (Lipinski definition) is 3. The number of furan rings is 1. The van der Waals surface area contributed by atoms with Gasteiger partial charge in [0.05, 0.1) is 5.56 Å². The van der Waals surface area contributed by atoms with Gasteiger partial charge in [0.15, 0.2) is 5.76 Å². The Morgan fingerprint density at radius 3 is 2.55 bits per heavy atom. The Morgan fingerprint density at radius 2 is 1.95 bits per heavy atom. The molecule has 1 amide bonds. The molecule has 0 atom stereocenters. The molecule has 0 fully saturated rings. The van der Waals surface area contributed by atoms with Crippen molar-refractivity contribution in [1.29, 1.82) is 0 Å². The molecule has 0 aliphatic rings. The SMILES string of the molecule is Cc1ccccc1CC(C)(C)NC(=O)c1cc(C(=O)O)co1. The molecule has 116 valence electrons. The molecule has 2 N–H and O–H groups in total. The van der Waals surface area contributed by atoms with Crippen LogP contribution in [-0.2, 0) is 6.42 Å². The smallest absolute Gasteiger partial charge is 0.338 e. The van der Waals surface area contributed by atoms with Gasteiger partial charge in [-0.2, -0.15) is 0 Å². The first-order valence-corrected chi connectivity index (χ1v) is 6.97. The first-order chi connectivity index (χ1) is 10.3. The van der Waals surface area contributed by atoms with Gasteiger partial charge >= 0.3 is 5.97 Å². The summed E-state index contributed by atoms with van der Waals surface area (Å²) in [5, 5.41) is 11.7. The molecule has 2 rings (SSSR count). The number of aromatic carboxylic acids is 1. The van der Waals surface area contributed by atoms with E-state index >= 15 is 0 Å². The third-order valence-electron chi connectivity index (χ3n) is 3.42. The highest BCUT2D eigenvalue weighted by Gasteiger charge is 2.24. The minimum atomic E-state index is -1.12. The minimum absolute atomic E-state index is 0.00439. The molecule has 0 spiro atoms. The number of hydrogen-bond donors (Lipinski definition) is 2. The lowest BCUT2D eigenvalue weighted by Crippen LogP contribution is -2.45. The molecule has 0 unspecified atom stereocenters. The second kappa shape index (κ2) is 6.05. The van der Waals surface area contributed by atoms with Gasteiger partial charge in [-0.1, -0.05) is 24.3 Å². The Kier molecular flexibility index (Phi) is 4.35. The fraction of sp³-hybridized carbons (Fsp3) is 0.294. The Bertz CT molecular complexity index is 700. The monoisotopic (exact) mass is 301 g/mol. The van der Waals surface area contributed by atoms with Gasteiger partial charge < -0.3 is 14.8 Å². The third kappa shape index (κ3) is 3.75. The largest absolute Gasteiger partial charge is 0.478 e.